The average molecular weight is 563 g/mol. The molecule has 1 aromatic heterocycles. The number of hydrogen-bond acceptors (Lipinski definition) is 5. The third-order valence-electron chi connectivity index (χ3n) is 5.19. The summed E-state index contributed by atoms with van der Waals surface area (Å²) in [5.41, 5.74) is 0.969. The second kappa shape index (κ2) is 13.0. The highest BCUT2D eigenvalue weighted by Crippen LogP contribution is 2.24. The largest absolute Gasteiger partial charge is 0.401 e. The van der Waals surface area contributed by atoms with Gasteiger partial charge in [-0.1, -0.05) is 0 Å². The van der Waals surface area contributed by atoms with Gasteiger partial charge in [-0.2, -0.15) is 13.2 Å². The molecule has 2 heterocycles. The number of methoxy groups -OCH3 is 1. The van der Waals surface area contributed by atoms with Gasteiger partial charge in [-0.25, -0.2) is 4.98 Å². The van der Waals surface area contributed by atoms with Crippen LogP contribution in [-0.4, -0.2) is 74.3 Å². The molecular formula is C19H33F3IN5OS. The number of ether oxygens (including phenoxy) is 1. The third kappa shape index (κ3) is 9.23. The predicted octanol–water partition coefficient (Wildman–Crippen LogP) is 4.14. The molecule has 0 aromatic carbocycles. The van der Waals surface area contributed by atoms with Gasteiger partial charge >= 0.3 is 6.18 Å². The van der Waals surface area contributed by atoms with Gasteiger partial charge in [0.2, 0.25) is 0 Å². The number of guanidine groups is 1. The molecule has 1 unspecified atom stereocenters. The normalized spacial score (nSPS) is 17.5. The summed E-state index contributed by atoms with van der Waals surface area (Å²) in [6, 6.07) is 0. The van der Waals surface area contributed by atoms with Crippen LogP contribution in [0.5, 0.6) is 0 Å². The molecule has 1 N–H and O–H groups in total. The van der Waals surface area contributed by atoms with E-state index in [0.29, 0.717) is 25.6 Å². The molecule has 0 bridgehead atoms. The van der Waals surface area contributed by atoms with Crippen LogP contribution in [0.1, 0.15) is 43.0 Å². The van der Waals surface area contributed by atoms with E-state index in [9.17, 15) is 13.2 Å². The highest BCUT2D eigenvalue weighted by atomic mass is 127. The van der Waals surface area contributed by atoms with E-state index in [4.69, 9.17) is 4.74 Å². The van der Waals surface area contributed by atoms with Crippen molar-refractivity contribution in [2.45, 2.75) is 45.0 Å². The van der Waals surface area contributed by atoms with Crippen LogP contribution in [0.15, 0.2) is 10.4 Å². The highest BCUT2D eigenvalue weighted by Gasteiger charge is 2.32. The van der Waals surface area contributed by atoms with Crippen LogP contribution >= 0.6 is 35.3 Å². The summed E-state index contributed by atoms with van der Waals surface area (Å²) in [6.45, 7) is 3.61. The number of rotatable bonds is 8. The maximum Gasteiger partial charge on any atom is 0.401 e. The number of likely N-dealkylation sites (tertiary alicyclic amines) is 1. The van der Waals surface area contributed by atoms with Crippen molar-refractivity contribution < 1.29 is 17.9 Å². The number of aliphatic imine (C=N–C) groups is 1. The number of piperidine rings is 1. The fourth-order valence-electron chi connectivity index (χ4n) is 3.46. The van der Waals surface area contributed by atoms with Crippen LogP contribution < -0.4 is 5.32 Å². The van der Waals surface area contributed by atoms with E-state index in [0.717, 1.165) is 42.5 Å². The van der Waals surface area contributed by atoms with Gasteiger partial charge < -0.3 is 15.0 Å². The summed E-state index contributed by atoms with van der Waals surface area (Å²) in [4.78, 5) is 12.5. The van der Waals surface area contributed by atoms with Gasteiger partial charge in [-0.05, 0) is 45.2 Å². The van der Waals surface area contributed by atoms with Crippen molar-refractivity contribution in [1.29, 1.82) is 0 Å². The number of hydrogen-bond donors (Lipinski definition) is 1. The first-order valence-corrected chi connectivity index (χ1v) is 10.8. The maximum absolute atomic E-state index is 12.5. The fraction of sp³-hybridized carbons (Fsp3) is 0.789. The number of nitrogens with zero attached hydrogens (tertiary/aromatic N) is 4. The second-order valence-electron chi connectivity index (χ2n) is 7.51. The Morgan fingerprint density at radius 3 is 2.67 bits per heavy atom. The standard InChI is InChI=1S/C19H32F3N5OS.HI/c1-14(28-4)17-25-16(12-29-17)11-26(3)18(23-2)24-8-5-15-6-9-27(10-7-15)13-19(20,21)22;/h12,14-15H,5-11,13H2,1-4H3,(H,23,24);1H. The molecule has 0 spiro atoms. The van der Waals surface area contributed by atoms with Crippen molar-refractivity contribution in [2.75, 3.05) is 47.4 Å². The first kappa shape index (κ1) is 27.4. The zero-order chi connectivity index (χ0) is 21.4. The van der Waals surface area contributed by atoms with E-state index < -0.39 is 12.7 Å². The lowest BCUT2D eigenvalue weighted by molar-refractivity contribution is -0.148. The van der Waals surface area contributed by atoms with Crippen molar-refractivity contribution >= 4 is 41.3 Å². The van der Waals surface area contributed by atoms with Crippen LogP contribution in [-0.2, 0) is 11.3 Å². The molecule has 30 heavy (non-hydrogen) atoms. The molecule has 0 saturated carbocycles. The summed E-state index contributed by atoms with van der Waals surface area (Å²) in [5, 5.41) is 6.35. The van der Waals surface area contributed by atoms with E-state index in [-0.39, 0.29) is 30.1 Å². The van der Waals surface area contributed by atoms with E-state index in [1.54, 1.807) is 25.5 Å². The Hall–Kier alpha value is -0.660. The van der Waals surface area contributed by atoms with E-state index in [2.05, 4.69) is 15.3 Å². The van der Waals surface area contributed by atoms with Crippen molar-refractivity contribution in [3.05, 3.63) is 16.1 Å². The average Bonchev–Trinajstić information content (AvgIpc) is 3.13. The summed E-state index contributed by atoms with van der Waals surface area (Å²) in [6.07, 6.45) is -1.57. The lowest BCUT2D eigenvalue weighted by atomic mass is 9.93. The molecule has 1 aromatic rings. The Labute approximate surface area is 198 Å². The minimum absolute atomic E-state index is 0. The molecular weight excluding hydrogens is 530 g/mol. The molecule has 0 radical (unpaired) electrons. The van der Waals surface area contributed by atoms with E-state index in [1.165, 1.54) is 4.90 Å². The summed E-state index contributed by atoms with van der Waals surface area (Å²) >= 11 is 1.59. The molecule has 0 aliphatic carbocycles. The Bertz CT molecular complexity index is 650. The maximum atomic E-state index is 12.5. The molecule has 1 saturated heterocycles. The first-order valence-electron chi connectivity index (χ1n) is 9.89. The van der Waals surface area contributed by atoms with Gasteiger partial charge in [-0.15, -0.1) is 35.3 Å². The van der Waals surface area contributed by atoms with Crippen molar-refractivity contribution in [2.24, 2.45) is 10.9 Å². The van der Waals surface area contributed by atoms with Gasteiger partial charge in [0.1, 0.15) is 11.1 Å². The zero-order valence-electron chi connectivity index (χ0n) is 18.0. The smallest absolute Gasteiger partial charge is 0.375 e. The topological polar surface area (TPSA) is 53.0 Å². The minimum Gasteiger partial charge on any atom is -0.375 e. The fourth-order valence-corrected chi connectivity index (χ4v) is 4.30. The molecule has 1 aliphatic heterocycles. The molecule has 6 nitrogen and oxygen atoms in total. The zero-order valence-corrected chi connectivity index (χ0v) is 21.2. The van der Waals surface area contributed by atoms with Gasteiger partial charge in [0.25, 0.3) is 0 Å². The first-order chi connectivity index (χ1) is 13.7. The lowest BCUT2D eigenvalue weighted by Crippen LogP contribution is -2.42. The molecule has 11 heteroatoms. The molecule has 0 amide bonds. The third-order valence-corrected chi connectivity index (χ3v) is 6.24. The van der Waals surface area contributed by atoms with Crippen molar-refractivity contribution in [3.63, 3.8) is 0 Å². The molecule has 1 aliphatic rings. The van der Waals surface area contributed by atoms with Gasteiger partial charge in [0, 0.05) is 33.1 Å². The van der Waals surface area contributed by atoms with Gasteiger partial charge in [0.05, 0.1) is 18.8 Å². The summed E-state index contributed by atoms with van der Waals surface area (Å²) in [7, 11) is 5.38. The molecule has 2 rings (SSSR count). The van der Waals surface area contributed by atoms with E-state index in [1.807, 2.05) is 24.3 Å². The van der Waals surface area contributed by atoms with Crippen LogP contribution in [0, 0.1) is 5.92 Å². The Morgan fingerprint density at radius 1 is 1.43 bits per heavy atom. The number of nitrogens with one attached hydrogen (secondary N) is 1. The predicted molar refractivity (Wildman–Crippen MR) is 126 cm³/mol. The summed E-state index contributed by atoms with van der Waals surface area (Å²) in [5.74, 6) is 1.24. The van der Waals surface area contributed by atoms with Crippen LogP contribution in [0.3, 0.4) is 0 Å². The van der Waals surface area contributed by atoms with Crippen LogP contribution in [0.25, 0.3) is 0 Å². The van der Waals surface area contributed by atoms with Gasteiger partial charge in [0.15, 0.2) is 5.96 Å². The Kier molecular flexibility index (Phi) is 11.9. The minimum atomic E-state index is -4.11. The lowest BCUT2D eigenvalue weighted by Gasteiger charge is -2.32. The number of alkyl halides is 3. The van der Waals surface area contributed by atoms with Crippen LogP contribution in [0.2, 0.25) is 0 Å². The monoisotopic (exact) mass is 563 g/mol. The number of halogens is 4. The summed E-state index contributed by atoms with van der Waals surface area (Å²) < 4.78 is 42.7. The highest BCUT2D eigenvalue weighted by molar-refractivity contribution is 14.0. The van der Waals surface area contributed by atoms with Crippen molar-refractivity contribution in [3.8, 4) is 0 Å². The Balaban J connectivity index is 0.00000450. The second-order valence-corrected chi connectivity index (χ2v) is 8.40. The molecule has 1 fully saturated rings. The quantitative estimate of drug-likeness (QED) is 0.293. The number of thiazole rings is 1. The Morgan fingerprint density at radius 2 is 2.10 bits per heavy atom. The molecule has 174 valence electrons. The molecule has 1 atom stereocenters. The van der Waals surface area contributed by atoms with Gasteiger partial charge in [-0.3, -0.25) is 9.89 Å². The van der Waals surface area contributed by atoms with Crippen molar-refractivity contribution in [1.82, 2.24) is 20.1 Å². The van der Waals surface area contributed by atoms with Crippen LogP contribution in [0.4, 0.5) is 13.2 Å². The van der Waals surface area contributed by atoms with E-state index >= 15 is 0 Å². The SMILES string of the molecule is CN=C(NCCC1CCN(CC(F)(F)F)CC1)N(C)Cc1csc(C(C)OC)n1.I. The number of aromatic nitrogens is 1.